The first-order valence-electron chi connectivity index (χ1n) is 9.02. The number of aromatic amines is 1. The van der Waals surface area contributed by atoms with Gasteiger partial charge in [0, 0.05) is 6.54 Å². The van der Waals surface area contributed by atoms with Gasteiger partial charge < -0.3 is 14.1 Å². The van der Waals surface area contributed by atoms with Crippen LogP contribution in [0.15, 0.2) is 41.1 Å². The van der Waals surface area contributed by atoms with E-state index >= 15 is 0 Å². The van der Waals surface area contributed by atoms with Crippen LogP contribution < -0.4 is 4.74 Å². The maximum absolute atomic E-state index is 12.8. The molecule has 1 saturated heterocycles. The van der Waals surface area contributed by atoms with E-state index in [1.165, 1.54) is 6.39 Å². The molecule has 3 aromatic rings. The van der Waals surface area contributed by atoms with E-state index in [2.05, 4.69) is 20.2 Å². The molecule has 3 heterocycles. The summed E-state index contributed by atoms with van der Waals surface area (Å²) in [7, 11) is 0. The Morgan fingerprint density at radius 1 is 1.33 bits per heavy atom. The Balaban J connectivity index is 1.48. The van der Waals surface area contributed by atoms with E-state index in [0.29, 0.717) is 29.7 Å². The third-order valence-electron chi connectivity index (χ3n) is 4.70. The average molecular weight is 367 g/mol. The van der Waals surface area contributed by atoms with Crippen LogP contribution in [0.2, 0.25) is 0 Å². The highest BCUT2D eigenvalue weighted by Crippen LogP contribution is 2.30. The molecule has 8 nitrogen and oxygen atoms in total. The summed E-state index contributed by atoms with van der Waals surface area (Å²) in [5, 5.41) is 7.21. The molecule has 1 amide bonds. The highest BCUT2D eigenvalue weighted by atomic mass is 16.5. The van der Waals surface area contributed by atoms with Crippen molar-refractivity contribution in [2.45, 2.75) is 32.2 Å². The highest BCUT2D eigenvalue weighted by molar-refractivity contribution is 5.78. The Morgan fingerprint density at radius 3 is 2.96 bits per heavy atom. The summed E-state index contributed by atoms with van der Waals surface area (Å²) in [5.41, 5.74) is 0.730. The Hall–Kier alpha value is -3.16. The van der Waals surface area contributed by atoms with E-state index < -0.39 is 0 Å². The topological polar surface area (TPSA) is 97.1 Å². The van der Waals surface area contributed by atoms with Crippen molar-refractivity contribution in [2.75, 3.05) is 13.2 Å². The normalized spacial score (nSPS) is 17.1. The van der Waals surface area contributed by atoms with Gasteiger partial charge in [-0.1, -0.05) is 18.2 Å². The SMILES string of the molecule is Cc1ncoc1-c1n[nH]c(C2CCCCN2C(=O)COc2ccccc2)n1. The van der Waals surface area contributed by atoms with E-state index in [9.17, 15) is 4.79 Å². The molecule has 0 aliphatic carbocycles. The van der Waals surface area contributed by atoms with Crippen LogP contribution in [-0.4, -0.2) is 44.1 Å². The number of nitrogens with one attached hydrogen (secondary N) is 1. The van der Waals surface area contributed by atoms with Gasteiger partial charge in [-0.3, -0.25) is 9.89 Å². The monoisotopic (exact) mass is 367 g/mol. The molecule has 27 heavy (non-hydrogen) atoms. The second-order valence-electron chi connectivity index (χ2n) is 6.51. The van der Waals surface area contributed by atoms with Crippen LogP contribution in [0.1, 0.15) is 36.8 Å². The van der Waals surface area contributed by atoms with Gasteiger partial charge in [0.1, 0.15) is 11.6 Å². The first kappa shape index (κ1) is 17.3. The summed E-state index contributed by atoms with van der Waals surface area (Å²) in [4.78, 5) is 23.2. The van der Waals surface area contributed by atoms with Gasteiger partial charge in [-0.15, -0.1) is 5.10 Å². The van der Waals surface area contributed by atoms with Crippen LogP contribution in [-0.2, 0) is 4.79 Å². The van der Waals surface area contributed by atoms with Crippen molar-refractivity contribution in [3.8, 4) is 17.3 Å². The summed E-state index contributed by atoms with van der Waals surface area (Å²) in [6.45, 7) is 2.52. The lowest BCUT2D eigenvalue weighted by atomic mass is 10.0. The number of para-hydroxylation sites is 1. The average Bonchev–Trinajstić information content (AvgIpc) is 3.35. The highest BCUT2D eigenvalue weighted by Gasteiger charge is 2.31. The number of H-pyrrole nitrogens is 1. The molecule has 0 spiro atoms. The number of carbonyl (C=O) groups excluding carboxylic acids is 1. The molecular formula is C19H21N5O3. The Bertz CT molecular complexity index is 905. The van der Waals surface area contributed by atoms with Crippen molar-refractivity contribution in [3.63, 3.8) is 0 Å². The quantitative estimate of drug-likeness (QED) is 0.745. The van der Waals surface area contributed by atoms with Crippen molar-refractivity contribution in [1.29, 1.82) is 0 Å². The van der Waals surface area contributed by atoms with Crippen molar-refractivity contribution < 1.29 is 13.9 Å². The van der Waals surface area contributed by atoms with E-state index in [1.807, 2.05) is 42.2 Å². The summed E-state index contributed by atoms with van der Waals surface area (Å²) in [5.74, 6) is 2.28. The third kappa shape index (κ3) is 3.69. The van der Waals surface area contributed by atoms with Crippen molar-refractivity contribution in [1.82, 2.24) is 25.1 Å². The fourth-order valence-electron chi connectivity index (χ4n) is 3.30. The van der Waals surface area contributed by atoms with Crippen molar-refractivity contribution >= 4 is 5.91 Å². The first-order valence-corrected chi connectivity index (χ1v) is 9.02. The molecule has 1 fully saturated rings. The third-order valence-corrected chi connectivity index (χ3v) is 4.70. The zero-order chi connectivity index (χ0) is 18.6. The minimum atomic E-state index is -0.143. The van der Waals surface area contributed by atoms with Gasteiger partial charge in [0.2, 0.25) is 5.82 Å². The first-order chi connectivity index (χ1) is 13.2. The smallest absolute Gasteiger partial charge is 0.261 e. The molecule has 0 saturated carbocycles. The molecule has 1 aliphatic rings. The number of hydrogen-bond acceptors (Lipinski definition) is 6. The number of likely N-dealkylation sites (tertiary alicyclic amines) is 1. The van der Waals surface area contributed by atoms with Gasteiger partial charge >= 0.3 is 0 Å². The van der Waals surface area contributed by atoms with Crippen molar-refractivity contribution in [3.05, 3.63) is 48.2 Å². The number of rotatable bonds is 5. The predicted molar refractivity (Wildman–Crippen MR) is 96.9 cm³/mol. The number of carbonyl (C=O) groups is 1. The molecule has 140 valence electrons. The van der Waals surface area contributed by atoms with Crippen LogP contribution in [0, 0.1) is 6.92 Å². The summed E-state index contributed by atoms with van der Waals surface area (Å²) in [6.07, 6.45) is 4.21. The van der Waals surface area contributed by atoms with Crippen molar-refractivity contribution in [2.24, 2.45) is 0 Å². The van der Waals surface area contributed by atoms with Gasteiger partial charge in [0.25, 0.3) is 5.91 Å². The Morgan fingerprint density at radius 2 is 2.19 bits per heavy atom. The molecule has 4 rings (SSSR count). The largest absolute Gasteiger partial charge is 0.484 e. The van der Waals surface area contributed by atoms with Crippen LogP contribution >= 0.6 is 0 Å². The minimum absolute atomic E-state index is 0.00270. The van der Waals surface area contributed by atoms with Crippen LogP contribution in [0.4, 0.5) is 0 Å². The number of aryl methyl sites for hydroxylation is 1. The number of hydrogen-bond donors (Lipinski definition) is 1. The molecule has 1 unspecified atom stereocenters. The maximum atomic E-state index is 12.8. The summed E-state index contributed by atoms with van der Waals surface area (Å²) < 4.78 is 11.0. The van der Waals surface area contributed by atoms with Gasteiger partial charge in [0.15, 0.2) is 18.8 Å². The maximum Gasteiger partial charge on any atom is 0.261 e. The summed E-state index contributed by atoms with van der Waals surface area (Å²) in [6, 6.07) is 9.20. The minimum Gasteiger partial charge on any atom is -0.484 e. The molecule has 1 N–H and O–H groups in total. The van der Waals surface area contributed by atoms with E-state index in [0.717, 1.165) is 25.0 Å². The molecule has 0 bridgehead atoms. The number of nitrogens with zero attached hydrogens (tertiary/aromatic N) is 4. The van der Waals surface area contributed by atoms with Gasteiger partial charge in [-0.05, 0) is 38.3 Å². The number of ether oxygens (including phenoxy) is 1. The van der Waals surface area contributed by atoms with E-state index in [4.69, 9.17) is 9.15 Å². The Labute approximate surface area is 156 Å². The number of oxazole rings is 1. The zero-order valence-electron chi connectivity index (χ0n) is 15.1. The zero-order valence-corrected chi connectivity index (χ0v) is 15.1. The number of aromatic nitrogens is 4. The predicted octanol–water partition coefficient (Wildman–Crippen LogP) is 2.90. The standard InChI is InChI=1S/C19H21N5O3/c1-13-17(27-12-20-13)19-21-18(22-23-19)15-9-5-6-10-24(15)16(25)11-26-14-7-3-2-4-8-14/h2-4,7-8,12,15H,5-6,9-11H2,1H3,(H,21,22,23). The lowest BCUT2D eigenvalue weighted by Crippen LogP contribution is -2.41. The molecule has 1 aromatic carbocycles. The van der Waals surface area contributed by atoms with E-state index in [-0.39, 0.29) is 18.6 Å². The fraction of sp³-hybridized carbons (Fsp3) is 0.368. The molecule has 8 heteroatoms. The van der Waals surface area contributed by atoms with Crippen LogP contribution in [0.3, 0.4) is 0 Å². The van der Waals surface area contributed by atoms with Crippen LogP contribution in [0.25, 0.3) is 11.6 Å². The summed E-state index contributed by atoms with van der Waals surface area (Å²) >= 11 is 0. The second-order valence-corrected chi connectivity index (χ2v) is 6.51. The number of amides is 1. The number of piperidine rings is 1. The van der Waals surface area contributed by atoms with Gasteiger partial charge in [-0.2, -0.15) is 0 Å². The van der Waals surface area contributed by atoms with Crippen LogP contribution in [0.5, 0.6) is 5.75 Å². The second kappa shape index (κ2) is 7.61. The fourth-order valence-corrected chi connectivity index (χ4v) is 3.30. The van der Waals surface area contributed by atoms with E-state index in [1.54, 1.807) is 0 Å². The molecule has 2 aromatic heterocycles. The number of benzene rings is 1. The molecule has 1 aliphatic heterocycles. The molecule has 0 radical (unpaired) electrons. The Kier molecular flexibility index (Phi) is 4.86. The lowest BCUT2D eigenvalue weighted by Gasteiger charge is -2.34. The molecule has 1 atom stereocenters. The van der Waals surface area contributed by atoms with Gasteiger partial charge in [0.05, 0.1) is 11.7 Å². The lowest BCUT2D eigenvalue weighted by molar-refractivity contribution is -0.137. The molecular weight excluding hydrogens is 346 g/mol. The van der Waals surface area contributed by atoms with Gasteiger partial charge in [-0.25, -0.2) is 9.97 Å².